The number of nitrogens with zero attached hydrogens (tertiary/aromatic N) is 1. The smallest absolute Gasteiger partial charge is 0.231 e. The van der Waals surface area contributed by atoms with Crippen molar-refractivity contribution in [3.05, 3.63) is 34.9 Å². The number of fused-ring (bicyclic) bond motifs is 3. The van der Waals surface area contributed by atoms with Crippen molar-refractivity contribution in [1.29, 1.82) is 0 Å². The van der Waals surface area contributed by atoms with Crippen molar-refractivity contribution < 1.29 is 19.7 Å². The minimum absolute atomic E-state index is 0.0826. The van der Waals surface area contributed by atoms with Gasteiger partial charge in [-0.2, -0.15) is 0 Å². The number of ether oxygens (including phenoxy) is 2. The van der Waals surface area contributed by atoms with Crippen molar-refractivity contribution in [2.75, 3.05) is 13.3 Å². The molecule has 0 unspecified atom stereocenters. The normalized spacial score (nSPS) is 36.2. The Hall–Kier alpha value is -1.56. The van der Waals surface area contributed by atoms with Crippen LogP contribution in [0.2, 0.25) is 0 Å². The number of hydrogen-bond acceptors (Lipinski definition) is 5. The Morgan fingerprint density at radius 3 is 2.81 bits per heavy atom. The van der Waals surface area contributed by atoms with E-state index in [1.807, 2.05) is 18.2 Å². The summed E-state index contributed by atoms with van der Waals surface area (Å²) in [5.74, 6) is 1.45. The molecule has 3 aliphatic heterocycles. The highest BCUT2D eigenvalue weighted by molar-refractivity contribution is 5.53. The minimum Gasteiger partial charge on any atom is -0.454 e. The first-order valence-corrected chi connectivity index (χ1v) is 7.45. The van der Waals surface area contributed by atoms with E-state index in [9.17, 15) is 10.2 Å². The molecule has 5 rings (SSSR count). The molecule has 4 atom stereocenters. The standard InChI is InChI=1S/C16H17NO4/c18-11-3-8-1-2-17-6-9-4-12-13(21-7-20-12)5-10(9)14(15(8)17)16(11)19/h3-5,11,14-16,18-19H,1-2,6-7H2/t11-,14-,15+,16+/m0/s1. The van der Waals surface area contributed by atoms with E-state index in [1.54, 1.807) is 0 Å². The van der Waals surface area contributed by atoms with Gasteiger partial charge in [0.15, 0.2) is 11.5 Å². The molecule has 5 nitrogen and oxygen atoms in total. The summed E-state index contributed by atoms with van der Waals surface area (Å²) in [6, 6.07) is 4.25. The molecule has 5 heteroatoms. The molecule has 0 spiro atoms. The van der Waals surface area contributed by atoms with Crippen LogP contribution in [-0.4, -0.2) is 46.7 Å². The van der Waals surface area contributed by atoms with Gasteiger partial charge in [0.25, 0.3) is 0 Å². The average Bonchev–Trinajstić information content (AvgIpc) is 3.08. The zero-order chi connectivity index (χ0) is 14.1. The van der Waals surface area contributed by atoms with Gasteiger partial charge in [0.2, 0.25) is 6.79 Å². The van der Waals surface area contributed by atoms with Crippen LogP contribution in [0.5, 0.6) is 11.5 Å². The van der Waals surface area contributed by atoms with Gasteiger partial charge in [-0.1, -0.05) is 11.6 Å². The van der Waals surface area contributed by atoms with Gasteiger partial charge in [-0.15, -0.1) is 0 Å². The summed E-state index contributed by atoms with van der Waals surface area (Å²) in [5, 5.41) is 20.7. The van der Waals surface area contributed by atoms with Crippen LogP contribution < -0.4 is 9.47 Å². The molecule has 0 saturated carbocycles. The van der Waals surface area contributed by atoms with E-state index in [0.29, 0.717) is 0 Å². The first-order chi connectivity index (χ1) is 10.2. The summed E-state index contributed by atoms with van der Waals surface area (Å²) in [6.07, 6.45) is 1.28. The third-order valence-electron chi connectivity index (χ3n) is 5.27. The molecule has 110 valence electrons. The maximum atomic E-state index is 10.5. The topological polar surface area (TPSA) is 62.2 Å². The Labute approximate surface area is 122 Å². The number of benzene rings is 1. The summed E-state index contributed by atoms with van der Waals surface area (Å²) < 4.78 is 10.9. The van der Waals surface area contributed by atoms with Crippen LogP contribution in [0.3, 0.4) is 0 Å². The van der Waals surface area contributed by atoms with Gasteiger partial charge in [-0.05, 0) is 29.7 Å². The quantitative estimate of drug-likeness (QED) is 0.690. The molecule has 0 bridgehead atoms. The monoisotopic (exact) mass is 287 g/mol. The highest BCUT2D eigenvalue weighted by Gasteiger charge is 2.48. The summed E-state index contributed by atoms with van der Waals surface area (Å²) in [6.45, 7) is 2.11. The van der Waals surface area contributed by atoms with Gasteiger partial charge in [-0.25, -0.2) is 0 Å². The second-order valence-electron chi connectivity index (χ2n) is 6.32. The molecule has 3 heterocycles. The molecule has 2 N–H and O–H groups in total. The second kappa shape index (κ2) is 4.00. The number of aliphatic hydroxyl groups excluding tert-OH is 2. The third-order valence-corrected chi connectivity index (χ3v) is 5.27. The molecule has 0 amide bonds. The van der Waals surface area contributed by atoms with Gasteiger partial charge in [0, 0.05) is 25.0 Å². The Balaban J connectivity index is 1.70. The molecule has 0 aromatic heterocycles. The molecule has 21 heavy (non-hydrogen) atoms. The van der Waals surface area contributed by atoms with E-state index in [2.05, 4.69) is 4.90 Å². The molecule has 1 aliphatic carbocycles. The number of aliphatic hydroxyl groups is 2. The zero-order valence-corrected chi connectivity index (χ0v) is 11.5. The molecule has 4 aliphatic rings. The lowest BCUT2D eigenvalue weighted by molar-refractivity contribution is -0.00157. The van der Waals surface area contributed by atoms with Crippen LogP contribution >= 0.6 is 0 Å². The van der Waals surface area contributed by atoms with Crippen LogP contribution in [0.15, 0.2) is 23.8 Å². The summed E-state index contributed by atoms with van der Waals surface area (Å²) >= 11 is 0. The fourth-order valence-electron chi connectivity index (χ4n) is 4.35. The van der Waals surface area contributed by atoms with Gasteiger partial charge in [0.1, 0.15) is 0 Å². The number of rotatable bonds is 0. The van der Waals surface area contributed by atoms with Gasteiger partial charge >= 0.3 is 0 Å². The van der Waals surface area contributed by atoms with Crippen molar-refractivity contribution in [2.24, 2.45) is 0 Å². The van der Waals surface area contributed by atoms with Crippen LogP contribution in [0.25, 0.3) is 0 Å². The van der Waals surface area contributed by atoms with Crippen LogP contribution in [0.1, 0.15) is 23.5 Å². The van der Waals surface area contributed by atoms with Crippen molar-refractivity contribution >= 4 is 0 Å². The fourth-order valence-corrected chi connectivity index (χ4v) is 4.35. The van der Waals surface area contributed by atoms with E-state index >= 15 is 0 Å². The molecule has 1 aromatic carbocycles. The maximum Gasteiger partial charge on any atom is 0.231 e. The first kappa shape index (κ1) is 12.0. The van der Waals surface area contributed by atoms with E-state index in [1.165, 1.54) is 11.1 Å². The zero-order valence-electron chi connectivity index (χ0n) is 11.5. The van der Waals surface area contributed by atoms with Crippen LogP contribution in [-0.2, 0) is 6.54 Å². The Morgan fingerprint density at radius 1 is 1.14 bits per heavy atom. The van der Waals surface area contributed by atoms with Crippen molar-refractivity contribution in [3.8, 4) is 11.5 Å². The molecule has 0 radical (unpaired) electrons. The van der Waals surface area contributed by atoms with E-state index in [-0.39, 0.29) is 18.8 Å². The molecule has 1 fully saturated rings. The van der Waals surface area contributed by atoms with Gasteiger partial charge in [0.05, 0.1) is 12.2 Å². The van der Waals surface area contributed by atoms with E-state index in [0.717, 1.165) is 36.6 Å². The SMILES string of the molecule is O[C@H]1[C@H]2c3cc4c(cc3CN3CCC(=C[C@@H]1O)[C@H]23)OCO4. The summed E-state index contributed by atoms with van der Waals surface area (Å²) in [7, 11) is 0. The predicted octanol–water partition coefficient (Wildman–Crippen LogP) is 0.749. The average molecular weight is 287 g/mol. The Kier molecular flexibility index (Phi) is 2.29. The fraction of sp³-hybridized carbons (Fsp3) is 0.500. The maximum absolute atomic E-state index is 10.5. The second-order valence-corrected chi connectivity index (χ2v) is 6.32. The predicted molar refractivity (Wildman–Crippen MR) is 74.2 cm³/mol. The summed E-state index contributed by atoms with van der Waals surface area (Å²) in [5.41, 5.74) is 3.54. The Morgan fingerprint density at radius 2 is 1.95 bits per heavy atom. The molecular formula is C16H17NO4. The largest absolute Gasteiger partial charge is 0.454 e. The van der Waals surface area contributed by atoms with Crippen molar-refractivity contribution in [2.45, 2.75) is 37.1 Å². The minimum atomic E-state index is -0.780. The van der Waals surface area contributed by atoms with Crippen LogP contribution in [0.4, 0.5) is 0 Å². The molecule has 1 aromatic rings. The van der Waals surface area contributed by atoms with Crippen molar-refractivity contribution in [3.63, 3.8) is 0 Å². The van der Waals surface area contributed by atoms with E-state index in [4.69, 9.17) is 9.47 Å². The number of hydrogen-bond donors (Lipinski definition) is 2. The lowest BCUT2D eigenvalue weighted by Gasteiger charge is -2.44. The molecular weight excluding hydrogens is 270 g/mol. The molecule has 1 saturated heterocycles. The van der Waals surface area contributed by atoms with E-state index < -0.39 is 12.2 Å². The Bertz CT molecular complexity index is 656. The lowest BCUT2D eigenvalue weighted by atomic mass is 9.73. The highest BCUT2D eigenvalue weighted by atomic mass is 16.7. The third kappa shape index (κ3) is 1.51. The van der Waals surface area contributed by atoms with Gasteiger partial charge < -0.3 is 19.7 Å². The highest BCUT2D eigenvalue weighted by Crippen LogP contribution is 2.49. The van der Waals surface area contributed by atoms with Crippen molar-refractivity contribution in [1.82, 2.24) is 4.90 Å². The lowest BCUT2D eigenvalue weighted by Crippen LogP contribution is -2.49. The van der Waals surface area contributed by atoms with Crippen LogP contribution in [0, 0.1) is 0 Å². The van der Waals surface area contributed by atoms with Gasteiger partial charge in [-0.3, -0.25) is 4.90 Å². The first-order valence-electron chi connectivity index (χ1n) is 7.45. The summed E-state index contributed by atoms with van der Waals surface area (Å²) in [4.78, 5) is 2.40.